The topological polar surface area (TPSA) is 42.0 Å². The van der Waals surface area contributed by atoms with E-state index in [9.17, 15) is 4.79 Å². The minimum atomic E-state index is -0.0907. The fourth-order valence-electron chi connectivity index (χ4n) is 1.92. The highest BCUT2D eigenvalue weighted by atomic mass is 79.9. The van der Waals surface area contributed by atoms with Crippen LogP contribution in [0, 0.1) is 6.92 Å². The quantitative estimate of drug-likeness (QED) is 0.735. The van der Waals surface area contributed by atoms with Crippen LogP contribution < -0.4 is 5.32 Å². The number of carbonyl (C=O) groups excluding carboxylic acids is 1. The van der Waals surface area contributed by atoms with Crippen LogP contribution >= 0.6 is 27.3 Å². The highest BCUT2D eigenvalue weighted by Gasteiger charge is 2.11. The average Bonchev–Trinajstić information content (AvgIpc) is 2.79. The fourth-order valence-corrected chi connectivity index (χ4v) is 3.35. The zero-order valence-electron chi connectivity index (χ0n) is 10.7. The lowest BCUT2D eigenvalue weighted by Gasteiger charge is -2.04. The first-order valence-corrected chi connectivity index (χ1v) is 7.66. The van der Waals surface area contributed by atoms with Gasteiger partial charge in [-0.25, -0.2) is 0 Å². The molecule has 2 aromatic heterocycles. The molecular weight excluding hydrogens is 336 g/mol. The number of hydrogen-bond donors (Lipinski definition) is 1. The maximum Gasteiger partial charge on any atom is 0.265 e. The summed E-state index contributed by atoms with van der Waals surface area (Å²) in [5.41, 5.74) is 2.76. The highest BCUT2D eigenvalue weighted by molar-refractivity contribution is 9.11. The number of amides is 1. The number of hydrogen-bond acceptors (Lipinski definition) is 3. The van der Waals surface area contributed by atoms with Gasteiger partial charge < -0.3 is 5.32 Å². The van der Waals surface area contributed by atoms with Gasteiger partial charge in [-0.2, -0.15) is 0 Å². The van der Waals surface area contributed by atoms with Crippen LogP contribution in [0.2, 0.25) is 0 Å². The molecule has 2 heterocycles. The van der Waals surface area contributed by atoms with Gasteiger partial charge in [0.25, 0.3) is 5.91 Å². The van der Waals surface area contributed by atoms with Crippen LogP contribution in [-0.2, 0) is 0 Å². The first-order valence-electron chi connectivity index (χ1n) is 6.05. The Morgan fingerprint density at radius 3 is 2.90 bits per heavy atom. The third-order valence-corrected chi connectivity index (χ3v) is 5.08. The lowest BCUT2D eigenvalue weighted by Crippen LogP contribution is -2.09. The van der Waals surface area contributed by atoms with E-state index in [0.717, 1.165) is 25.9 Å². The fraction of sp³-hybridized carbons (Fsp3) is 0.0667. The number of halogens is 1. The summed E-state index contributed by atoms with van der Waals surface area (Å²) in [5, 5.41) is 3.92. The van der Waals surface area contributed by atoms with Crippen molar-refractivity contribution in [3.8, 4) is 0 Å². The number of anilines is 1. The van der Waals surface area contributed by atoms with Gasteiger partial charge in [0.1, 0.15) is 0 Å². The zero-order valence-corrected chi connectivity index (χ0v) is 13.1. The highest BCUT2D eigenvalue weighted by Crippen LogP contribution is 2.28. The number of nitrogens with zero attached hydrogens (tertiary/aromatic N) is 1. The predicted molar refractivity (Wildman–Crippen MR) is 86.5 cm³/mol. The Morgan fingerprint density at radius 2 is 2.15 bits per heavy atom. The second kappa shape index (κ2) is 5.34. The summed E-state index contributed by atoms with van der Waals surface area (Å²) in [6, 6.07) is 11.4. The minimum Gasteiger partial charge on any atom is -0.321 e. The van der Waals surface area contributed by atoms with E-state index in [2.05, 4.69) is 26.2 Å². The van der Waals surface area contributed by atoms with Crippen LogP contribution in [0.15, 0.2) is 46.4 Å². The van der Waals surface area contributed by atoms with Gasteiger partial charge in [0.05, 0.1) is 14.2 Å². The van der Waals surface area contributed by atoms with E-state index in [4.69, 9.17) is 0 Å². The number of carbonyl (C=O) groups is 1. The van der Waals surface area contributed by atoms with Gasteiger partial charge in [-0.3, -0.25) is 9.78 Å². The van der Waals surface area contributed by atoms with Crippen LogP contribution in [0.3, 0.4) is 0 Å². The molecule has 0 aliphatic rings. The second-order valence-electron chi connectivity index (χ2n) is 4.43. The molecule has 0 saturated heterocycles. The van der Waals surface area contributed by atoms with Crippen molar-refractivity contribution < 1.29 is 4.79 Å². The molecule has 5 heteroatoms. The maximum absolute atomic E-state index is 12.2. The number of rotatable bonds is 2. The summed E-state index contributed by atoms with van der Waals surface area (Å²) >= 11 is 4.87. The number of pyridine rings is 1. The number of benzene rings is 1. The van der Waals surface area contributed by atoms with Gasteiger partial charge >= 0.3 is 0 Å². The first-order chi connectivity index (χ1) is 9.63. The van der Waals surface area contributed by atoms with Crippen molar-refractivity contribution >= 4 is 49.8 Å². The lowest BCUT2D eigenvalue weighted by atomic mass is 10.2. The molecule has 0 bridgehead atoms. The molecule has 1 N–H and O–H groups in total. The molecule has 0 atom stereocenters. The van der Waals surface area contributed by atoms with Crippen LogP contribution in [0.5, 0.6) is 0 Å². The molecule has 3 aromatic rings. The van der Waals surface area contributed by atoms with Crippen molar-refractivity contribution in [2.24, 2.45) is 0 Å². The van der Waals surface area contributed by atoms with E-state index in [0.29, 0.717) is 4.88 Å². The van der Waals surface area contributed by atoms with Crippen LogP contribution in [0.4, 0.5) is 5.69 Å². The van der Waals surface area contributed by atoms with Crippen molar-refractivity contribution in [1.29, 1.82) is 0 Å². The summed E-state index contributed by atoms with van der Waals surface area (Å²) in [7, 11) is 0. The molecule has 0 aliphatic carbocycles. The normalized spacial score (nSPS) is 10.7. The monoisotopic (exact) mass is 346 g/mol. The van der Waals surface area contributed by atoms with E-state index < -0.39 is 0 Å². The van der Waals surface area contributed by atoms with E-state index in [1.165, 1.54) is 11.3 Å². The van der Waals surface area contributed by atoms with Crippen LogP contribution in [0.1, 0.15) is 15.2 Å². The Bertz CT molecular complexity index is 778. The van der Waals surface area contributed by atoms with E-state index in [-0.39, 0.29) is 5.91 Å². The minimum absolute atomic E-state index is 0.0907. The molecule has 100 valence electrons. The summed E-state index contributed by atoms with van der Waals surface area (Å²) < 4.78 is 0.991. The van der Waals surface area contributed by atoms with Crippen molar-refractivity contribution in [2.75, 3.05) is 5.32 Å². The molecule has 1 aromatic carbocycles. The Balaban J connectivity index is 1.87. The molecule has 0 saturated carbocycles. The maximum atomic E-state index is 12.2. The van der Waals surface area contributed by atoms with Gasteiger partial charge in [-0.1, -0.05) is 6.07 Å². The van der Waals surface area contributed by atoms with Crippen molar-refractivity contribution in [2.45, 2.75) is 6.92 Å². The second-order valence-corrected chi connectivity index (χ2v) is 6.80. The van der Waals surface area contributed by atoms with Gasteiger partial charge in [0.2, 0.25) is 0 Å². The lowest BCUT2D eigenvalue weighted by molar-refractivity contribution is 0.103. The number of fused-ring (bicyclic) bond motifs is 1. The largest absolute Gasteiger partial charge is 0.321 e. The molecule has 0 unspecified atom stereocenters. The predicted octanol–water partition coefficient (Wildman–Crippen LogP) is 4.62. The molecule has 1 amide bonds. The number of thiophene rings is 1. The summed E-state index contributed by atoms with van der Waals surface area (Å²) in [6.07, 6.45) is 1.76. The number of nitrogens with one attached hydrogen (secondary N) is 1. The molecule has 3 rings (SSSR count). The van der Waals surface area contributed by atoms with Crippen molar-refractivity contribution in [1.82, 2.24) is 4.98 Å². The number of aromatic nitrogens is 1. The summed E-state index contributed by atoms with van der Waals surface area (Å²) in [6.45, 7) is 1.97. The molecule has 0 aliphatic heterocycles. The Kier molecular flexibility index (Phi) is 3.54. The van der Waals surface area contributed by atoms with Gasteiger partial charge in [-0.05, 0) is 58.7 Å². The van der Waals surface area contributed by atoms with E-state index in [1.807, 2.05) is 43.3 Å². The SMILES string of the molecule is Cc1cc(C(=O)Nc2ccc3ncccc3c2)sc1Br. The Hall–Kier alpha value is -1.72. The van der Waals surface area contributed by atoms with Gasteiger partial charge in [0, 0.05) is 17.3 Å². The van der Waals surface area contributed by atoms with Gasteiger partial charge in [-0.15, -0.1) is 11.3 Å². The first kappa shape index (κ1) is 13.3. The molecule has 0 spiro atoms. The van der Waals surface area contributed by atoms with E-state index >= 15 is 0 Å². The smallest absolute Gasteiger partial charge is 0.265 e. The molecule has 3 nitrogen and oxygen atoms in total. The Labute approximate surface area is 128 Å². The molecular formula is C15H11BrN2OS. The summed E-state index contributed by atoms with van der Waals surface area (Å²) in [5.74, 6) is -0.0907. The molecule has 20 heavy (non-hydrogen) atoms. The average molecular weight is 347 g/mol. The third kappa shape index (κ3) is 2.59. The standard InChI is InChI=1S/C15H11BrN2OS/c1-9-7-13(20-14(9)16)15(19)18-11-4-5-12-10(8-11)3-2-6-17-12/h2-8H,1H3,(H,18,19). The summed E-state index contributed by atoms with van der Waals surface area (Å²) in [4.78, 5) is 17.1. The molecule has 0 fully saturated rings. The zero-order chi connectivity index (χ0) is 14.1. The van der Waals surface area contributed by atoms with Crippen molar-refractivity contribution in [3.63, 3.8) is 0 Å². The van der Waals surface area contributed by atoms with Crippen LogP contribution in [-0.4, -0.2) is 10.9 Å². The van der Waals surface area contributed by atoms with E-state index in [1.54, 1.807) is 6.20 Å². The molecule has 0 radical (unpaired) electrons. The third-order valence-electron chi connectivity index (χ3n) is 2.94. The number of aryl methyl sites for hydroxylation is 1. The van der Waals surface area contributed by atoms with Crippen LogP contribution in [0.25, 0.3) is 10.9 Å². The Morgan fingerprint density at radius 1 is 1.30 bits per heavy atom. The van der Waals surface area contributed by atoms with Gasteiger partial charge in [0.15, 0.2) is 0 Å². The van der Waals surface area contributed by atoms with Crippen molar-refractivity contribution in [3.05, 3.63) is 56.8 Å².